The van der Waals surface area contributed by atoms with Crippen molar-refractivity contribution in [2.24, 2.45) is 0 Å². The van der Waals surface area contributed by atoms with E-state index in [0.29, 0.717) is 12.2 Å². The lowest BCUT2D eigenvalue weighted by atomic mass is 10.1. The highest BCUT2D eigenvalue weighted by Gasteiger charge is 2.11. The molecule has 0 spiro atoms. The lowest BCUT2D eigenvalue weighted by Gasteiger charge is -2.16. The van der Waals surface area contributed by atoms with Gasteiger partial charge in [0.2, 0.25) is 10.0 Å². The number of carbonyl (C=O) groups excluding carboxylic acids is 1. The summed E-state index contributed by atoms with van der Waals surface area (Å²) < 4.78 is 30.2. The molecule has 2 rings (SSSR count). The van der Waals surface area contributed by atoms with Crippen LogP contribution in [-0.4, -0.2) is 27.8 Å². The third-order valence-corrected chi connectivity index (χ3v) is 4.26. The maximum Gasteiger partial charge on any atom is 0.315 e. The highest BCUT2D eigenvalue weighted by atomic mass is 32.2. The van der Waals surface area contributed by atoms with Crippen molar-refractivity contribution >= 4 is 21.7 Å². The fourth-order valence-electron chi connectivity index (χ4n) is 2.34. The van der Waals surface area contributed by atoms with Gasteiger partial charge in [0.15, 0.2) is 0 Å². The van der Waals surface area contributed by atoms with Crippen LogP contribution in [0.1, 0.15) is 24.1 Å². The van der Waals surface area contributed by atoms with Crippen LogP contribution in [0.3, 0.4) is 0 Å². The maximum atomic E-state index is 12.1. The largest absolute Gasteiger partial charge is 0.497 e. The number of methoxy groups -OCH3 is 1. The Morgan fingerprint density at radius 3 is 2.46 bits per heavy atom. The van der Waals surface area contributed by atoms with E-state index in [4.69, 9.17) is 4.74 Å². The van der Waals surface area contributed by atoms with E-state index >= 15 is 0 Å². The van der Waals surface area contributed by atoms with Crippen LogP contribution in [0.5, 0.6) is 5.75 Å². The second kappa shape index (κ2) is 8.57. The molecule has 140 valence electrons. The number of ether oxygens (including phenoxy) is 1. The van der Waals surface area contributed by atoms with Gasteiger partial charge in [-0.2, -0.15) is 0 Å². The van der Waals surface area contributed by atoms with Crippen LogP contribution in [0.2, 0.25) is 0 Å². The Labute approximate surface area is 153 Å². The number of hydrogen-bond acceptors (Lipinski definition) is 4. The number of sulfonamides is 1. The maximum absolute atomic E-state index is 12.1. The molecule has 0 aromatic heterocycles. The fourth-order valence-corrected chi connectivity index (χ4v) is 2.90. The van der Waals surface area contributed by atoms with Gasteiger partial charge in [-0.15, -0.1) is 0 Å². The van der Waals surface area contributed by atoms with E-state index in [1.807, 2.05) is 37.3 Å². The summed E-state index contributed by atoms with van der Waals surface area (Å²) in [6.45, 7) is 2.21. The van der Waals surface area contributed by atoms with Gasteiger partial charge in [0.1, 0.15) is 5.75 Å². The number of rotatable bonds is 7. The van der Waals surface area contributed by atoms with E-state index in [2.05, 4.69) is 15.4 Å². The number of carbonyl (C=O) groups is 1. The Morgan fingerprint density at radius 1 is 1.15 bits per heavy atom. The smallest absolute Gasteiger partial charge is 0.315 e. The van der Waals surface area contributed by atoms with E-state index in [-0.39, 0.29) is 12.1 Å². The molecule has 0 saturated heterocycles. The molecule has 2 amide bonds. The molecule has 0 bridgehead atoms. The van der Waals surface area contributed by atoms with Crippen LogP contribution in [0.4, 0.5) is 10.5 Å². The third-order valence-electron chi connectivity index (χ3n) is 3.65. The van der Waals surface area contributed by atoms with Crippen molar-refractivity contribution in [1.82, 2.24) is 10.6 Å². The first-order valence-corrected chi connectivity index (χ1v) is 9.91. The summed E-state index contributed by atoms with van der Waals surface area (Å²) in [5, 5.41) is 5.61. The van der Waals surface area contributed by atoms with Gasteiger partial charge in [-0.1, -0.05) is 24.3 Å². The van der Waals surface area contributed by atoms with Crippen LogP contribution >= 0.6 is 0 Å². The minimum atomic E-state index is -3.35. The van der Waals surface area contributed by atoms with Crippen molar-refractivity contribution in [3.05, 3.63) is 59.7 Å². The van der Waals surface area contributed by atoms with Crippen molar-refractivity contribution in [2.75, 3.05) is 18.1 Å². The number of nitrogens with one attached hydrogen (secondary N) is 3. The lowest BCUT2D eigenvalue weighted by Crippen LogP contribution is -2.36. The number of hydrogen-bond donors (Lipinski definition) is 3. The van der Waals surface area contributed by atoms with E-state index in [1.54, 1.807) is 25.3 Å². The van der Waals surface area contributed by atoms with Crippen LogP contribution in [0, 0.1) is 0 Å². The predicted octanol–water partition coefficient (Wildman–Crippen LogP) is 2.63. The third kappa shape index (κ3) is 6.29. The monoisotopic (exact) mass is 377 g/mol. The van der Waals surface area contributed by atoms with Gasteiger partial charge in [-0.25, -0.2) is 13.2 Å². The van der Waals surface area contributed by atoms with Crippen LogP contribution < -0.4 is 20.1 Å². The summed E-state index contributed by atoms with van der Waals surface area (Å²) in [6.07, 6.45) is 1.09. The molecule has 7 nitrogen and oxygen atoms in total. The van der Waals surface area contributed by atoms with Crippen LogP contribution in [0.25, 0.3) is 0 Å². The fraction of sp³-hybridized carbons (Fsp3) is 0.278. The Balaban J connectivity index is 1.90. The quantitative estimate of drug-likeness (QED) is 0.691. The van der Waals surface area contributed by atoms with Crippen molar-refractivity contribution in [3.8, 4) is 5.75 Å². The molecule has 0 aliphatic heterocycles. The molecule has 0 unspecified atom stereocenters. The van der Waals surface area contributed by atoms with Gasteiger partial charge in [0.05, 0.1) is 19.4 Å². The standard InChI is InChI=1S/C18H23N3O4S/c1-13(15-5-4-6-16(11-15)21-26(3,23)24)20-18(22)19-12-14-7-9-17(25-2)10-8-14/h4-11,13,21H,12H2,1-3H3,(H2,19,20,22)/t13-/m1/s1. The molecule has 2 aromatic rings. The average Bonchev–Trinajstić information content (AvgIpc) is 2.59. The summed E-state index contributed by atoms with van der Waals surface area (Å²) in [5.41, 5.74) is 2.20. The van der Waals surface area contributed by atoms with E-state index in [0.717, 1.165) is 23.1 Å². The lowest BCUT2D eigenvalue weighted by molar-refractivity contribution is 0.237. The number of urea groups is 1. The van der Waals surface area contributed by atoms with Gasteiger partial charge < -0.3 is 15.4 Å². The molecule has 3 N–H and O–H groups in total. The molecule has 0 saturated carbocycles. The van der Waals surface area contributed by atoms with E-state index < -0.39 is 10.0 Å². The van der Waals surface area contributed by atoms with Crippen molar-refractivity contribution < 1.29 is 17.9 Å². The van der Waals surface area contributed by atoms with Gasteiger partial charge in [-0.3, -0.25) is 4.72 Å². The second-order valence-electron chi connectivity index (χ2n) is 5.90. The average molecular weight is 377 g/mol. The van der Waals surface area contributed by atoms with Crippen LogP contribution in [0.15, 0.2) is 48.5 Å². The predicted molar refractivity (Wildman–Crippen MR) is 102 cm³/mol. The van der Waals surface area contributed by atoms with Gasteiger partial charge in [-0.05, 0) is 42.3 Å². The van der Waals surface area contributed by atoms with Crippen molar-refractivity contribution in [3.63, 3.8) is 0 Å². The first kappa shape index (κ1) is 19.6. The molecule has 0 fully saturated rings. The Hall–Kier alpha value is -2.74. The molecule has 2 aromatic carbocycles. The molecular weight excluding hydrogens is 354 g/mol. The number of amides is 2. The highest BCUT2D eigenvalue weighted by molar-refractivity contribution is 7.92. The van der Waals surface area contributed by atoms with Gasteiger partial charge in [0, 0.05) is 12.2 Å². The molecule has 1 atom stereocenters. The number of benzene rings is 2. The minimum absolute atomic E-state index is 0.285. The van der Waals surface area contributed by atoms with E-state index in [1.165, 1.54) is 0 Å². The van der Waals surface area contributed by atoms with Crippen molar-refractivity contribution in [2.45, 2.75) is 19.5 Å². The van der Waals surface area contributed by atoms with E-state index in [9.17, 15) is 13.2 Å². The zero-order valence-corrected chi connectivity index (χ0v) is 15.8. The zero-order valence-electron chi connectivity index (χ0n) is 14.9. The molecule has 0 radical (unpaired) electrons. The normalized spacial score (nSPS) is 12.1. The summed E-state index contributed by atoms with van der Waals surface area (Å²) in [4.78, 5) is 12.1. The number of anilines is 1. The Kier molecular flexibility index (Phi) is 6.46. The highest BCUT2D eigenvalue weighted by Crippen LogP contribution is 2.18. The molecule has 0 heterocycles. The molecular formula is C18H23N3O4S. The SMILES string of the molecule is COc1ccc(CNC(=O)N[C@H](C)c2cccc(NS(C)(=O)=O)c2)cc1. The molecule has 8 heteroatoms. The molecule has 0 aliphatic rings. The van der Waals surface area contributed by atoms with Gasteiger partial charge in [0.25, 0.3) is 0 Å². The van der Waals surface area contributed by atoms with Gasteiger partial charge >= 0.3 is 6.03 Å². The molecule has 0 aliphatic carbocycles. The first-order chi connectivity index (χ1) is 12.3. The second-order valence-corrected chi connectivity index (χ2v) is 7.64. The summed E-state index contributed by atoms with van der Waals surface area (Å²) in [6, 6.07) is 13.7. The molecule has 26 heavy (non-hydrogen) atoms. The van der Waals surface area contributed by atoms with Crippen molar-refractivity contribution in [1.29, 1.82) is 0 Å². The van der Waals surface area contributed by atoms with Crippen LogP contribution in [-0.2, 0) is 16.6 Å². The summed E-state index contributed by atoms with van der Waals surface area (Å²) in [5.74, 6) is 0.759. The zero-order chi connectivity index (χ0) is 19.2. The minimum Gasteiger partial charge on any atom is -0.497 e. The Morgan fingerprint density at radius 2 is 1.85 bits per heavy atom. The first-order valence-electron chi connectivity index (χ1n) is 8.02. The topological polar surface area (TPSA) is 96.5 Å². The summed E-state index contributed by atoms with van der Waals surface area (Å²) >= 11 is 0. The Bertz CT molecular complexity index is 851. The summed E-state index contributed by atoms with van der Waals surface area (Å²) in [7, 11) is -1.75.